The lowest BCUT2D eigenvalue weighted by Crippen LogP contribution is -2.36. The molecule has 1 aromatic rings. The molecule has 0 radical (unpaired) electrons. The predicted molar refractivity (Wildman–Crippen MR) is 113 cm³/mol. The van der Waals surface area contributed by atoms with Crippen LogP contribution in [-0.4, -0.2) is 38.9 Å². The van der Waals surface area contributed by atoms with Crippen molar-refractivity contribution in [2.45, 2.75) is 38.6 Å². The Balaban J connectivity index is 0.00000312. The molecular formula is C19H32IN3O2. The second-order valence-corrected chi connectivity index (χ2v) is 6.22. The molecule has 1 aliphatic heterocycles. The summed E-state index contributed by atoms with van der Waals surface area (Å²) < 4.78 is 10.8. The fourth-order valence-electron chi connectivity index (χ4n) is 3.01. The number of aliphatic imine (C=N–C) groups is 1. The largest absolute Gasteiger partial charge is 0.382 e. The SMILES string of the molecule is CCOCCCN=C(N)NC(CC1CCOCC1)c1ccccc1.I. The number of ether oxygens (including phenoxy) is 2. The summed E-state index contributed by atoms with van der Waals surface area (Å²) >= 11 is 0. The van der Waals surface area contributed by atoms with Crippen LogP contribution in [0, 0.1) is 5.92 Å². The number of rotatable bonds is 9. The highest BCUT2D eigenvalue weighted by Crippen LogP contribution is 2.27. The Morgan fingerprint density at radius 2 is 2.04 bits per heavy atom. The first-order valence-corrected chi connectivity index (χ1v) is 9.06. The third-order valence-electron chi connectivity index (χ3n) is 4.37. The third kappa shape index (κ3) is 8.87. The molecule has 1 atom stereocenters. The van der Waals surface area contributed by atoms with E-state index in [1.54, 1.807) is 0 Å². The average Bonchev–Trinajstić information content (AvgIpc) is 2.62. The Hall–Kier alpha value is -0.860. The minimum atomic E-state index is 0. The van der Waals surface area contributed by atoms with Gasteiger partial charge in [-0.25, -0.2) is 0 Å². The quantitative estimate of drug-likeness (QED) is 0.256. The molecule has 0 saturated carbocycles. The molecule has 142 valence electrons. The Morgan fingerprint density at radius 1 is 1.32 bits per heavy atom. The maximum atomic E-state index is 6.11. The van der Waals surface area contributed by atoms with Crippen LogP contribution in [0.25, 0.3) is 0 Å². The van der Waals surface area contributed by atoms with Gasteiger partial charge in [-0.2, -0.15) is 0 Å². The van der Waals surface area contributed by atoms with Crippen molar-refractivity contribution in [3.63, 3.8) is 0 Å². The number of nitrogens with zero attached hydrogens (tertiary/aromatic N) is 1. The summed E-state index contributed by atoms with van der Waals surface area (Å²) in [5.74, 6) is 1.19. The standard InChI is InChI=1S/C19H31N3O2.HI/c1-2-23-12-6-11-21-19(20)22-18(17-7-4-3-5-8-17)15-16-9-13-24-14-10-16;/h3-5,7-8,16,18H,2,6,9-15H2,1H3,(H3,20,21,22);1H. The molecule has 2 rings (SSSR count). The van der Waals surface area contributed by atoms with Gasteiger partial charge in [0.25, 0.3) is 0 Å². The zero-order chi connectivity index (χ0) is 17.0. The number of hydrogen-bond donors (Lipinski definition) is 2. The van der Waals surface area contributed by atoms with Crippen molar-refractivity contribution < 1.29 is 9.47 Å². The summed E-state index contributed by atoms with van der Waals surface area (Å²) in [6.07, 6.45) is 4.20. The van der Waals surface area contributed by atoms with Gasteiger partial charge >= 0.3 is 0 Å². The Labute approximate surface area is 168 Å². The van der Waals surface area contributed by atoms with E-state index in [2.05, 4.69) is 34.6 Å². The van der Waals surface area contributed by atoms with E-state index < -0.39 is 0 Å². The summed E-state index contributed by atoms with van der Waals surface area (Å²) in [5, 5.41) is 3.42. The van der Waals surface area contributed by atoms with Crippen LogP contribution in [0.5, 0.6) is 0 Å². The van der Waals surface area contributed by atoms with E-state index in [-0.39, 0.29) is 30.0 Å². The molecule has 1 unspecified atom stereocenters. The van der Waals surface area contributed by atoms with E-state index in [0.717, 1.165) is 52.1 Å². The van der Waals surface area contributed by atoms with Gasteiger partial charge in [-0.15, -0.1) is 24.0 Å². The smallest absolute Gasteiger partial charge is 0.189 e. The zero-order valence-corrected chi connectivity index (χ0v) is 17.5. The molecule has 3 N–H and O–H groups in total. The number of guanidine groups is 1. The first-order valence-electron chi connectivity index (χ1n) is 9.06. The van der Waals surface area contributed by atoms with Crippen LogP contribution in [0.15, 0.2) is 35.3 Å². The Bertz CT molecular complexity index is 479. The topological polar surface area (TPSA) is 68.9 Å². The van der Waals surface area contributed by atoms with Crippen molar-refractivity contribution in [1.29, 1.82) is 0 Å². The number of nitrogens with two attached hydrogens (primary N) is 1. The van der Waals surface area contributed by atoms with Crippen molar-refractivity contribution in [3.8, 4) is 0 Å². The van der Waals surface area contributed by atoms with Crippen LogP contribution >= 0.6 is 24.0 Å². The molecule has 0 aromatic heterocycles. The van der Waals surface area contributed by atoms with Crippen molar-refractivity contribution in [3.05, 3.63) is 35.9 Å². The van der Waals surface area contributed by atoms with Crippen LogP contribution in [0.4, 0.5) is 0 Å². The van der Waals surface area contributed by atoms with Crippen molar-refractivity contribution in [1.82, 2.24) is 5.32 Å². The molecule has 0 spiro atoms. The molecule has 0 bridgehead atoms. The Kier molecular flexibility index (Phi) is 11.9. The highest BCUT2D eigenvalue weighted by atomic mass is 127. The highest BCUT2D eigenvalue weighted by molar-refractivity contribution is 14.0. The first-order chi connectivity index (χ1) is 11.8. The lowest BCUT2D eigenvalue weighted by Gasteiger charge is -2.28. The molecule has 6 heteroatoms. The summed E-state index contributed by atoms with van der Waals surface area (Å²) in [5.41, 5.74) is 7.37. The van der Waals surface area contributed by atoms with Gasteiger partial charge in [0.2, 0.25) is 0 Å². The molecule has 1 aromatic carbocycles. The minimum Gasteiger partial charge on any atom is -0.382 e. The van der Waals surface area contributed by atoms with Gasteiger partial charge in [-0.1, -0.05) is 30.3 Å². The molecule has 1 aliphatic rings. The zero-order valence-electron chi connectivity index (χ0n) is 15.2. The van der Waals surface area contributed by atoms with Gasteiger partial charge in [0.15, 0.2) is 5.96 Å². The maximum absolute atomic E-state index is 6.11. The van der Waals surface area contributed by atoms with Gasteiger partial charge in [0, 0.05) is 33.0 Å². The molecular weight excluding hydrogens is 429 g/mol. The molecule has 1 saturated heterocycles. The predicted octanol–water partition coefficient (Wildman–Crippen LogP) is 3.49. The van der Waals surface area contributed by atoms with Gasteiger partial charge in [0.1, 0.15) is 0 Å². The van der Waals surface area contributed by atoms with Gasteiger partial charge in [-0.3, -0.25) is 4.99 Å². The molecule has 5 nitrogen and oxygen atoms in total. The van der Waals surface area contributed by atoms with Crippen molar-refractivity contribution in [2.24, 2.45) is 16.6 Å². The van der Waals surface area contributed by atoms with Gasteiger partial charge in [-0.05, 0) is 44.1 Å². The first kappa shape index (κ1) is 22.2. The van der Waals surface area contributed by atoms with Crippen molar-refractivity contribution >= 4 is 29.9 Å². The molecule has 25 heavy (non-hydrogen) atoms. The van der Waals surface area contributed by atoms with Gasteiger partial charge < -0.3 is 20.5 Å². The Morgan fingerprint density at radius 3 is 2.72 bits per heavy atom. The van der Waals surface area contributed by atoms with Crippen LogP contribution < -0.4 is 11.1 Å². The van der Waals surface area contributed by atoms with Crippen molar-refractivity contribution in [2.75, 3.05) is 33.0 Å². The summed E-state index contributed by atoms with van der Waals surface area (Å²) in [6, 6.07) is 10.7. The highest BCUT2D eigenvalue weighted by Gasteiger charge is 2.20. The van der Waals surface area contributed by atoms with E-state index in [9.17, 15) is 0 Å². The summed E-state index contributed by atoms with van der Waals surface area (Å²) in [6.45, 7) is 5.91. The van der Waals surface area contributed by atoms with Crippen LogP contribution in [0.1, 0.15) is 44.2 Å². The van der Waals surface area contributed by atoms with Gasteiger partial charge in [0.05, 0.1) is 6.04 Å². The third-order valence-corrected chi connectivity index (χ3v) is 4.37. The molecule has 1 heterocycles. The van der Waals surface area contributed by atoms with E-state index in [4.69, 9.17) is 15.2 Å². The summed E-state index contributed by atoms with van der Waals surface area (Å²) in [4.78, 5) is 4.43. The van der Waals surface area contributed by atoms with E-state index in [1.807, 2.05) is 13.0 Å². The fraction of sp³-hybridized carbons (Fsp3) is 0.632. The number of halogens is 1. The lowest BCUT2D eigenvalue weighted by atomic mass is 9.89. The van der Waals surface area contributed by atoms with Crippen LogP contribution in [0.3, 0.4) is 0 Å². The van der Waals surface area contributed by atoms with E-state index >= 15 is 0 Å². The maximum Gasteiger partial charge on any atom is 0.189 e. The normalized spacial score (nSPS) is 16.9. The fourth-order valence-corrected chi connectivity index (χ4v) is 3.01. The second kappa shape index (κ2) is 13.4. The van der Waals surface area contributed by atoms with E-state index in [1.165, 1.54) is 5.56 Å². The lowest BCUT2D eigenvalue weighted by molar-refractivity contribution is 0.0612. The number of nitrogens with one attached hydrogen (secondary N) is 1. The monoisotopic (exact) mass is 461 g/mol. The number of hydrogen-bond acceptors (Lipinski definition) is 3. The van der Waals surface area contributed by atoms with Crippen LogP contribution in [0.2, 0.25) is 0 Å². The molecule has 1 fully saturated rings. The van der Waals surface area contributed by atoms with E-state index in [0.29, 0.717) is 18.4 Å². The number of benzene rings is 1. The molecule has 0 amide bonds. The molecule has 0 aliphatic carbocycles. The second-order valence-electron chi connectivity index (χ2n) is 6.22. The minimum absolute atomic E-state index is 0. The summed E-state index contributed by atoms with van der Waals surface area (Å²) in [7, 11) is 0. The van der Waals surface area contributed by atoms with Crippen LogP contribution in [-0.2, 0) is 9.47 Å². The average molecular weight is 461 g/mol.